The van der Waals surface area contributed by atoms with Gasteiger partial charge in [-0.1, -0.05) is 41.9 Å². The van der Waals surface area contributed by atoms with Gasteiger partial charge in [0, 0.05) is 41.6 Å². The van der Waals surface area contributed by atoms with Crippen molar-refractivity contribution in [2.75, 3.05) is 6.26 Å². The average molecular weight is 468 g/mol. The zero-order valence-electron chi connectivity index (χ0n) is 17.2. The lowest BCUT2D eigenvalue weighted by Gasteiger charge is -2.09. The predicted molar refractivity (Wildman–Crippen MR) is 122 cm³/mol. The SMILES string of the molecule is CC(=O)Oc1cc(-c2ccccc2Cl)n(-c2ccc(-c3cccc(S(C)(=O)=O)c3)cn2)n1. The van der Waals surface area contributed by atoms with E-state index in [1.54, 1.807) is 42.6 Å². The van der Waals surface area contributed by atoms with Gasteiger partial charge >= 0.3 is 5.97 Å². The molecule has 2 aromatic carbocycles. The number of rotatable bonds is 5. The van der Waals surface area contributed by atoms with Crippen LogP contribution in [0.1, 0.15) is 6.92 Å². The maximum absolute atomic E-state index is 11.9. The van der Waals surface area contributed by atoms with Gasteiger partial charge in [-0.2, -0.15) is 0 Å². The largest absolute Gasteiger partial charge is 0.406 e. The van der Waals surface area contributed by atoms with Crippen LogP contribution in [0.2, 0.25) is 5.02 Å². The molecule has 162 valence electrons. The van der Waals surface area contributed by atoms with Gasteiger partial charge in [0.05, 0.1) is 10.6 Å². The van der Waals surface area contributed by atoms with Crippen LogP contribution in [-0.2, 0) is 14.6 Å². The summed E-state index contributed by atoms with van der Waals surface area (Å²) in [6, 6.07) is 19.1. The van der Waals surface area contributed by atoms with Crippen molar-refractivity contribution in [3.8, 4) is 34.1 Å². The molecular formula is C23H18ClN3O4S. The van der Waals surface area contributed by atoms with E-state index < -0.39 is 15.8 Å². The number of pyridine rings is 1. The van der Waals surface area contributed by atoms with Crippen LogP contribution in [0.15, 0.2) is 77.8 Å². The summed E-state index contributed by atoms with van der Waals surface area (Å²) in [5, 5.41) is 4.87. The van der Waals surface area contributed by atoms with Crippen molar-refractivity contribution in [2.45, 2.75) is 11.8 Å². The molecule has 4 rings (SSSR count). The van der Waals surface area contributed by atoms with Gasteiger partial charge < -0.3 is 4.74 Å². The van der Waals surface area contributed by atoms with Gasteiger partial charge in [0.1, 0.15) is 0 Å². The summed E-state index contributed by atoms with van der Waals surface area (Å²) >= 11 is 6.37. The van der Waals surface area contributed by atoms with Gasteiger partial charge in [-0.05, 0) is 35.9 Å². The van der Waals surface area contributed by atoms with E-state index in [4.69, 9.17) is 16.3 Å². The molecule has 9 heteroatoms. The second-order valence-corrected chi connectivity index (χ2v) is 9.48. The van der Waals surface area contributed by atoms with Crippen molar-refractivity contribution in [3.63, 3.8) is 0 Å². The lowest BCUT2D eigenvalue weighted by molar-refractivity contribution is -0.132. The van der Waals surface area contributed by atoms with Gasteiger partial charge in [0.25, 0.3) is 0 Å². The summed E-state index contributed by atoms with van der Waals surface area (Å²) in [4.78, 5) is 16.1. The van der Waals surface area contributed by atoms with Crippen LogP contribution in [0, 0.1) is 0 Å². The Kier molecular flexibility index (Phi) is 5.82. The molecular weight excluding hydrogens is 450 g/mol. The third-order valence-electron chi connectivity index (χ3n) is 4.65. The Bertz CT molecular complexity index is 1410. The van der Waals surface area contributed by atoms with Crippen LogP contribution in [0.3, 0.4) is 0 Å². The van der Waals surface area contributed by atoms with Crippen molar-refractivity contribution >= 4 is 27.4 Å². The molecule has 4 aromatic rings. The Hall–Kier alpha value is -3.49. The van der Waals surface area contributed by atoms with Gasteiger partial charge in [-0.3, -0.25) is 4.79 Å². The minimum absolute atomic E-state index is 0.124. The van der Waals surface area contributed by atoms with Crippen LogP contribution >= 0.6 is 11.6 Å². The third-order valence-corrected chi connectivity index (χ3v) is 6.09. The predicted octanol–water partition coefficient (Wildman–Crippen LogP) is 4.58. The molecule has 32 heavy (non-hydrogen) atoms. The third kappa shape index (κ3) is 4.56. The van der Waals surface area contributed by atoms with Crippen LogP contribution in [0.5, 0.6) is 5.88 Å². The Balaban J connectivity index is 1.77. The number of benzene rings is 2. The Morgan fingerprint density at radius 1 is 1.00 bits per heavy atom. The fourth-order valence-electron chi connectivity index (χ4n) is 3.18. The summed E-state index contributed by atoms with van der Waals surface area (Å²) in [6.45, 7) is 1.30. The molecule has 2 aromatic heterocycles. The molecule has 0 fully saturated rings. The second-order valence-electron chi connectivity index (χ2n) is 7.06. The summed E-state index contributed by atoms with van der Waals surface area (Å²) in [6.07, 6.45) is 2.79. The van der Waals surface area contributed by atoms with Crippen molar-refractivity contribution in [1.29, 1.82) is 0 Å². The van der Waals surface area contributed by atoms with Gasteiger partial charge in [-0.25, -0.2) is 18.1 Å². The quantitative estimate of drug-likeness (QED) is 0.399. The first-order valence-electron chi connectivity index (χ1n) is 9.53. The highest BCUT2D eigenvalue weighted by Gasteiger charge is 2.17. The van der Waals surface area contributed by atoms with Crippen LogP contribution < -0.4 is 4.74 Å². The minimum Gasteiger partial charge on any atom is -0.406 e. The van der Waals surface area contributed by atoms with E-state index in [0.717, 1.165) is 11.1 Å². The second kappa shape index (κ2) is 8.57. The molecule has 0 aliphatic carbocycles. The average Bonchev–Trinajstić information content (AvgIpc) is 3.16. The van der Waals surface area contributed by atoms with Crippen molar-refractivity contribution < 1.29 is 17.9 Å². The number of halogens is 1. The smallest absolute Gasteiger partial charge is 0.309 e. The molecule has 0 unspecified atom stereocenters. The molecule has 7 nitrogen and oxygen atoms in total. The van der Waals surface area contributed by atoms with Crippen LogP contribution in [0.4, 0.5) is 0 Å². The van der Waals surface area contributed by atoms with Gasteiger partial charge in [-0.15, -0.1) is 5.10 Å². The van der Waals surface area contributed by atoms with E-state index in [1.807, 2.05) is 30.3 Å². The summed E-state index contributed by atoms with van der Waals surface area (Å²) in [7, 11) is -3.32. The van der Waals surface area contributed by atoms with Crippen LogP contribution in [0.25, 0.3) is 28.2 Å². The van der Waals surface area contributed by atoms with E-state index >= 15 is 0 Å². The molecule has 0 saturated carbocycles. The molecule has 0 bridgehead atoms. The number of hydrogen-bond donors (Lipinski definition) is 0. The maximum atomic E-state index is 11.9. The number of hydrogen-bond acceptors (Lipinski definition) is 6. The first-order chi connectivity index (χ1) is 15.2. The molecule has 0 radical (unpaired) electrons. The van der Waals surface area contributed by atoms with E-state index in [9.17, 15) is 13.2 Å². The zero-order valence-corrected chi connectivity index (χ0v) is 18.8. The number of carbonyl (C=O) groups excluding carboxylic acids is 1. The number of aromatic nitrogens is 3. The monoisotopic (exact) mass is 467 g/mol. The molecule has 0 N–H and O–H groups in total. The lowest BCUT2D eigenvalue weighted by Crippen LogP contribution is -2.04. The molecule has 2 heterocycles. The number of sulfone groups is 1. The first-order valence-corrected chi connectivity index (χ1v) is 11.8. The van der Waals surface area contributed by atoms with E-state index in [-0.39, 0.29) is 10.8 Å². The molecule has 0 atom stereocenters. The number of carbonyl (C=O) groups is 1. The van der Waals surface area contributed by atoms with Crippen molar-refractivity contribution in [1.82, 2.24) is 14.8 Å². The number of ether oxygens (including phenoxy) is 1. The summed E-state index contributed by atoms with van der Waals surface area (Å²) in [5.41, 5.74) is 2.77. The van der Waals surface area contributed by atoms with E-state index in [2.05, 4.69) is 10.1 Å². The summed E-state index contributed by atoms with van der Waals surface area (Å²) < 4.78 is 30.4. The molecule has 0 amide bonds. The highest BCUT2D eigenvalue weighted by molar-refractivity contribution is 7.90. The minimum atomic E-state index is -3.32. The number of esters is 1. The highest BCUT2D eigenvalue weighted by atomic mass is 35.5. The number of nitrogens with zero attached hydrogens (tertiary/aromatic N) is 3. The van der Waals surface area contributed by atoms with E-state index in [1.165, 1.54) is 17.9 Å². The molecule has 0 saturated heterocycles. The topological polar surface area (TPSA) is 91.2 Å². The standard InChI is InChI=1S/C23H18ClN3O4S/c1-15(28)31-23-13-21(19-8-3-4-9-20(19)24)27(26-23)22-11-10-17(14-25-22)16-6-5-7-18(12-16)32(2,29)30/h3-14H,1-2H3. The summed E-state index contributed by atoms with van der Waals surface area (Å²) in [5.74, 6) is 0.106. The Morgan fingerprint density at radius 3 is 2.44 bits per heavy atom. The van der Waals surface area contributed by atoms with Gasteiger partial charge in [0.15, 0.2) is 15.7 Å². The molecule has 0 aliphatic rings. The fourth-order valence-corrected chi connectivity index (χ4v) is 4.08. The maximum Gasteiger partial charge on any atom is 0.309 e. The Labute approximate surface area is 190 Å². The van der Waals surface area contributed by atoms with E-state index in [0.29, 0.717) is 22.1 Å². The first kappa shape index (κ1) is 21.7. The Morgan fingerprint density at radius 2 is 1.78 bits per heavy atom. The highest BCUT2D eigenvalue weighted by Crippen LogP contribution is 2.32. The lowest BCUT2D eigenvalue weighted by atomic mass is 10.1. The van der Waals surface area contributed by atoms with Crippen molar-refractivity contribution in [2.24, 2.45) is 0 Å². The molecule has 0 aliphatic heterocycles. The molecule has 0 spiro atoms. The zero-order chi connectivity index (χ0) is 22.9. The van der Waals surface area contributed by atoms with Crippen molar-refractivity contribution in [3.05, 3.63) is 77.9 Å². The normalized spacial score (nSPS) is 11.3. The van der Waals surface area contributed by atoms with Gasteiger partial charge in [0.2, 0.25) is 5.88 Å². The fraction of sp³-hybridized carbons (Fsp3) is 0.0870. The van der Waals surface area contributed by atoms with Crippen LogP contribution in [-0.4, -0.2) is 35.4 Å².